The summed E-state index contributed by atoms with van der Waals surface area (Å²) >= 11 is 0. The number of hydrogen-bond acceptors (Lipinski definition) is 15. The van der Waals surface area contributed by atoms with Gasteiger partial charge in [0.2, 0.25) is 11.8 Å². The fourth-order valence-electron chi connectivity index (χ4n) is 9.76. The minimum atomic E-state index is -0.581. The predicted octanol–water partition coefficient (Wildman–Crippen LogP) is 3.86. The van der Waals surface area contributed by atoms with E-state index in [2.05, 4.69) is 51.0 Å². The van der Waals surface area contributed by atoms with Crippen molar-refractivity contribution < 1.29 is 89.5 Å². The Morgan fingerprint density at radius 1 is 0.848 bits per heavy atom. The third-order valence-electron chi connectivity index (χ3n) is 14.4. The van der Waals surface area contributed by atoms with E-state index < -0.39 is 17.7 Å². The van der Waals surface area contributed by atoms with Crippen LogP contribution >= 0.6 is 0 Å². The van der Waals surface area contributed by atoms with Gasteiger partial charge < -0.3 is 66.3 Å². The molecule has 19 nitrogen and oxygen atoms in total. The Morgan fingerprint density at radius 3 is 2.23 bits per heavy atom. The van der Waals surface area contributed by atoms with Crippen LogP contribution in [0.5, 0.6) is 5.75 Å². The summed E-state index contributed by atoms with van der Waals surface area (Å²) in [5, 5.41) is 14.9. The maximum Gasteiger partial charge on any atom is 1.00 e. The van der Waals surface area contributed by atoms with Crippen LogP contribution in [-0.2, 0) is 35.1 Å². The average Bonchev–Trinajstić information content (AvgIpc) is 3.50. The molecule has 2 aliphatic rings. The Hall–Kier alpha value is -4.84. The van der Waals surface area contributed by atoms with Gasteiger partial charge in [0, 0.05) is 95.2 Å². The molecular formula is C59H84KN11O8. The van der Waals surface area contributed by atoms with Crippen LogP contribution in [0, 0.1) is 0 Å². The summed E-state index contributed by atoms with van der Waals surface area (Å²) in [5.41, 5.74) is 18.7. The van der Waals surface area contributed by atoms with Crippen molar-refractivity contribution in [2.45, 2.75) is 101 Å². The number of amidine groups is 1. The number of aldehydes is 2. The van der Waals surface area contributed by atoms with Crippen molar-refractivity contribution in [3.05, 3.63) is 119 Å². The third-order valence-corrected chi connectivity index (χ3v) is 14.4. The van der Waals surface area contributed by atoms with E-state index in [1.807, 2.05) is 71.4 Å². The molecule has 0 radical (unpaired) electrons. The number of benzene rings is 3. The Morgan fingerprint density at radius 2 is 1.53 bits per heavy atom. The van der Waals surface area contributed by atoms with Crippen molar-refractivity contribution in [2.75, 3.05) is 110 Å². The fraction of sp³-hybridized carbons (Fsp3) is 0.525. The summed E-state index contributed by atoms with van der Waals surface area (Å²) in [6.45, 7) is 10.4. The van der Waals surface area contributed by atoms with Crippen molar-refractivity contribution in [1.29, 1.82) is 0 Å². The first-order valence-corrected chi connectivity index (χ1v) is 27.7. The standard InChI is InChI=1S/C59H84N11O8.K/c1-45(65-50-13-9-14-51(42-50)67-59(22-26-64-27-23-59)58(61)66-56(60)46-20-24-63-25-21-46)47-12-8-15-53(41-47)78-35-7-5-4-6-33-75-36-38-77-39-37-76-34-11-17-55(73)70-30-28-69(29-31-70)52-19-18-48(44-72)49(40-52)43-68(3)54(16-10-32-71)57(74)62-2;/h8-9,12-15,18-21,24-25,32,40-42,44-45,54,56,64,67H,4-7,10-11,16-17,22-23,26-31,33-39,43,60H2,1-3H3,(H2,61,66)(H,62,74);/q-1;+1/t45-,54?,56?;/m1./s1. The number of carbonyl (C=O) groups excluding carboxylic acids is 4. The molecule has 1 aromatic heterocycles. The van der Waals surface area contributed by atoms with Crippen LogP contribution in [0.15, 0.2) is 96.2 Å². The number of anilines is 2. The molecule has 0 spiro atoms. The van der Waals surface area contributed by atoms with E-state index >= 15 is 0 Å². The first-order valence-electron chi connectivity index (χ1n) is 27.7. The molecule has 0 aliphatic carbocycles. The number of likely N-dealkylation sites (N-methyl/N-ethyl adjacent to an activating group) is 2. The van der Waals surface area contributed by atoms with E-state index in [-0.39, 0.29) is 75.7 Å². The Kier molecular flexibility index (Phi) is 29.4. The zero-order valence-corrected chi connectivity index (χ0v) is 50.2. The first kappa shape index (κ1) is 65.0. The smallest absolute Gasteiger partial charge is 0.678 e. The summed E-state index contributed by atoms with van der Waals surface area (Å²) in [6, 6.07) is 25.1. The molecule has 2 unspecified atom stereocenters. The minimum Gasteiger partial charge on any atom is -0.678 e. The van der Waals surface area contributed by atoms with Crippen LogP contribution < -0.4 is 88.4 Å². The SMILES string of the molecule is CNC(=O)C(CCC=O)N(C)Cc1cc(N2CCN(C(=O)CCCOCCOCCOCCCCCCOc3cccc([C@@H](C)[N-]c4cccc(NC5(/C(N)=N/C(N)c6ccncc6)CCNCC5)c4)c3)CC2)ccc1C=O.[K+]. The van der Waals surface area contributed by atoms with Gasteiger partial charge in [-0.3, -0.25) is 24.3 Å². The number of piperazine rings is 1. The summed E-state index contributed by atoms with van der Waals surface area (Å²) in [5.74, 6) is 1.27. The second-order valence-corrected chi connectivity index (χ2v) is 20.0. The second kappa shape index (κ2) is 35.8. The molecule has 3 heterocycles. The van der Waals surface area contributed by atoms with Crippen LogP contribution in [0.1, 0.15) is 110 Å². The summed E-state index contributed by atoms with van der Waals surface area (Å²) in [6.07, 6.45) is 11.8. The molecule has 424 valence electrons. The van der Waals surface area contributed by atoms with Crippen LogP contribution in [0.3, 0.4) is 0 Å². The number of hydrogen-bond donors (Lipinski definition) is 5. The number of unbranched alkanes of at least 4 members (excludes halogenated alkanes) is 3. The Labute approximate surface area is 510 Å². The van der Waals surface area contributed by atoms with Gasteiger partial charge >= 0.3 is 51.4 Å². The van der Waals surface area contributed by atoms with Crippen LogP contribution in [0.25, 0.3) is 5.32 Å². The van der Waals surface area contributed by atoms with Crippen molar-refractivity contribution in [3.8, 4) is 5.75 Å². The van der Waals surface area contributed by atoms with Gasteiger partial charge in [-0.05, 0) is 125 Å². The van der Waals surface area contributed by atoms with Crippen molar-refractivity contribution in [1.82, 2.24) is 25.4 Å². The summed E-state index contributed by atoms with van der Waals surface area (Å²) in [7, 11) is 3.39. The number of nitrogens with one attached hydrogen (secondary N) is 3. The Bertz CT molecular complexity index is 2480. The van der Waals surface area contributed by atoms with E-state index in [1.165, 1.54) is 0 Å². The van der Waals surface area contributed by atoms with E-state index in [0.29, 0.717) is 110 Å². The number of aliphatic imine (C=N–C) groups is 1. The fourth-order valence-corrected chi connectivity index (χ4v) is 9.76. The molecule has 0 bridgehead atoms. The van der Waals surface area contributed by atoms with E-state index in [4.69, 9.17) is 40.7 Å². The van der Waals surface area contributed by atoms with Crippen LogP contribution in [-0.4, -0.2) is 156 Å². The molecular weight excluding hydrogens is 1030 g/mol. The molecule has 7 N–H and O–H groups in total. The minimum absolute atomic E-state index is 0. The van der Waals surface area contributed by atoms with E-state index in [1.54, 1.807) is 25.5 Å². The topological polar surface area (TPSA) is 242 Å². The molecule has 2 fully saturated rings. The molecule has 3 atom stereocenters. The molecule has 79 heavy (non-hydrogen) atoms. The van der Waals surface area contributed by atoms with Gasteiger partial charge in [0.25, 0.3) is 0 Å². The number of amides is 2. The summed E-state index contributed by atoms with van der Waals surface area (Å²) < 4.78 is 23.3. The molecule has 2 saturated heterocycles. The van der Waals surface area contributed by atoms with Gasteiger partial charge in [-0.15, -0.1) is 5.69 Å². The number of nitrogens with two attached hydrogens (primary N) is 2. The molecule has 2 amide bonds. The molecule has 2 aliphatic heterocycles. The number of aromatic nitrogens is 1. The number of carbonyl (C=O) groups is 4. The monoisotopic (exact) mass is 1110 g/mol. The zero-order valence-electron chi connectivity index (χ0n) is 47.1. The van der Waals surface area contributed by atoms with Crippen molar-refractivity contribution in [3.63, 3.8) is 0 Å². The number of pyridine rings is 1. The normalized spacial score (nSPS) is 15.6. The van der Waals surface area contributed by atoms with Gasteiger partial charge in [0.05, 0.1) is 44.6 Å². The molecule has 3 aromatic carbocycles. The molecule has 0 saturated carbocycles. The van der Waals surface area contributed by atoms with Gasteiger partial charge in [-0.1, -0.05) is 55.3 Å². The van der Waals surface area contributed by atoms with Crippen molar-refractivity contribution in [2.24, 2.45) is 16.5 Å². The number of nitrogens with zero attached hydrogens (tertiary/aromatic N) is 6. The molecule has 6 rings (SSSR count). The summed E-state index contributed by atoms with van der Waals surface area (Å²) in [4.78, 5) is 63.2. The molecule has 4 aromatic rings. The van der Waals surface area contributed by atoms with E-state index in [9.17, 15) is 19.2 Å². The average molecular weight is 1110 g/mol. The predicted molar refractivity (Wildman–Crippen MR) is 306 cm³/mol. The second-order valence-electron chi connectivity index (χ2n) is 20.0. The number of ether oxygens (including phenoxy) is 4. The maximum atomic E-state index is 13.0. The Balaban J connectivity index is 0.0000115. The van der Waals surface area contributed by atoms with Crippen molar-refractivity contribution >= 4 is 47.3 Å². The largest absolute Gasteiger partial charge is 1.00 e. The number of rotatable bonds is 35. The van der Waals surface area contributed by atoms with Gasteiger partial charge in [-0.2, -0.15) is 0 Å². The van der Waals surface area contributed by atoms with Crippen LogP contribution in [0.4, 0.5) is 17.1 Å². The zero-order chi connectivity index (χ0) is 55.4. The third kappa shape index (κ3) is 21.5. The van der Waals surface area contributed by atoms with Crippen LogP contribution in [0.2, 0.25) is 0 Å². The van der Waals surface area contributed by atoms with Gasteiger partial charge in [0.15, 0.2) is 0 Å². The van der Waals surface area contributed by atoms with E-state index in [0.717, 1.165) is 104 Å². The number of piperidine rings is 1. The quantitative estimate of drug-likeness (QED) is 0.0145. The maximum absolute atomic E-state index is 13.0. The first-order chi connectivity index (χ1) is 38.0. The van der Waals surface area contributed by atoms with Gasteiger partial charge in [-0.25, -0.2) is 4.99 Å². The van der Waals surface area contributed by atoms with Gasteiger partial charge in [0.1, 0.15) is 30.3 Å². The molecule has 20 heteroatoms.